The number of anilines is 1. The molecule has 2 N–H and O–H groups in total. The van der Waals surface area contributed by atoms with E-state index in [0.717, 1.165) is 44.2 Å². The molecule has 0 saturated heterocycles. The maximum absolute atomic E-state index is 12.0. The Morgan fingerprint density at radius 3 is 2.32 bits per heavy atom. The van der Waals surface area contributed by atoms with Crippen molar-refractivity contribution < 1.29 is 4.79 Å². The third kappa shape index (κ3) is 3.72. The van der Waals surface area contributed by atoms with Crippen molar-refractivity contribution in [2.24, 2.45) is 0 Å². The van der Waals surface area contributed by atoms with E-state index < -0.39 is 5.54 Å². The fraction of sp³-hybridized carbons (Fsp3) is 0.467. The predicted octanol–water partition coefficient (Wildman–Crippen LogP) is 3.42. The zero-order valence-electron chi connectivity index (χ0n) is 11.0. The number of carbonyl (C=O) groups excluding carboxylic acids is 1. The Balaban J connectivity index is 1.98. The normalized spacial score (nSPS) is 17.8. The standard InChI is InChI=1S/C15H19N3O/c16-12-15(10-6-1-2-7-11-15)18-14(19)17-13-8-4-3-5-9-13/h3-5,8-9H,1-2,6-7,10-11H2,(H2,17,18,19). The van der Waals surface area contributed by atoms with Gasteiger partial charge in [-0.1, -0.05) is 43.9 Å². The van der Waals surface area contributed by atoms with Crippen LogP contribution >= 0.6 is 0 Å². The number of benzene rings is 1. The van der Waals surface area contributed by atoms with Gasteiger partial charge in [0.25, 0.3) is 0 Å². The van der Waals surface area contributed by atoms with Crippen LogP contribution in [0.3, 0.4) is 0 Å². The van der Waals surface area contributed by atoms with Crippen LogP contribution < -0.4 is 10.6 Å². The Morgan fingerprint density at radius 2 is 1.74 bits per heavy atom. The van der Waals surface area contributed by atoms with Gasteiger partial charge in [-0.2, -0.15) is 5.26 Å². The van der Waals surface area contributed by atoms with E-state index in [-0.39, 0.29) is 6.03 Å². The number of carbonyl (C=O) groups is 1. The highest BCUT2D eigenvalue weighted by molar-refractivity contribution is 5.90. The average Bonchev–Trinajstić information content (AvgIpc) is 2.66. The Labute approximate surface area is 113 Å². The molecule has 1 aliphatic carbocycles. The molecule has 2 amide bonds. The molecule has 0 aromatic heterocycles. The maximum Gasteiger partial charge on any atom is 0.320 e. The van der Waals surface area contributed by atoms with Gasteiger partial charge in [-0.15, -0.1) is 0 Å². The monoisotopic (exact) mass is 257 g/mol. The van der Waals surface area contributed by atoms with Crippen LogP contribution in [0.25, 0.3) is 0 Å². The molecule has 0 spiro atoms. The molecule has 1 aromatic rings. The van der Waals surface area contributed by atoms with Gasteiger partial charge in [-0.25, -0.2) is 4.79 Å². The number of amides is 2. The summed E-state index contributed by atoms with van der Waals surface area (Å²) in [6, 6.07) is 11.3. The number of hydrogen-bond acceptors (Lipinski definition) is 2. The molecule has 0 radical (unpaired) electrons. The number of urea groups is 1. The summed E-state index contributed by atoms with van der Waals surface area (Å²) in [5.41, 5.74) is 0.0387. The van der Waals surface area contributed by atoms with E-state index in [1.807, 2.05) is 30.3 Å². The molecule has 0 unspecified atom stereocenters. The molecule has 0 heterocycles. The Kier molecular flexibility index (Phi) is 4.40. The molecule has 0 aliphatic heterocycles. The third-order valence-corrected chi connectivity index (χ3v) is 3.56. The van der Waals surface area contributed by atoms with Crippen molar-refractivity contribution in [3.63, 3.8) is 0 Å². The summed E-state index contributed by atoms with van der Waals surface area (Å²) in [6.07, 6.45) is 5.77. The van der Waals surface area contributed by atoms with E-state index in [4.69, 9.17) is 0 Å². The second-order valence-corrected chi connectivity index (χ2v) is 5.05. The van der Waals surface area contributed by atoms with Crippen molar-refractivity contribution in [1.82, 2.24) is 5.32 Å². The lowest BCUT2D eigenvalue weighted by Gasteiger charge is -2.26. The van der Waals surface area contributed by atoms with Crippen LogP contribution in [0.2, 0.25) is 0 Å². The highest BCUT2D eigenvalue weighted by Crippen LogP contribution is 2.26. The van der Waals surface area contributed by atoms with Gasteiger partial charge in [0.1, 0.15) is 5.54 Å². The summed E-state index contributed by atoms with van der Waals surface area (Å²) in [4.78, 5) is 12.0. The molecule has 1 aliphatic rings. The molecule has 1 aromatic carbocycles. The molecule has 2 rings (SSSR count). The van der Waals surface area contributed by atoms with Gasteiger partial charge in [-0.3, -0.25) is 0 Å². The minimum atomic E-state index is -0.699. The Hall–Kier alpha value is -2.02. The summed E-state index contributed by atoms with van der Waals surface area (Å²) in [7, 11) is 0. The Morgan fingerprint density at radius 1 is 1.11 bits per heavy atom. The number of nitriles is 1. The smallest absolute Gasteiger partial charge is 0.319 e. The molecule has 4 nitrogen and oxygen atoms in total. The first-order valence-electron chi connectivity index (χ1n) is 6.80. The molecule has 0 atom stereocenters. The summed E-state index contributed by atoms with van der Waals surface area (Å²) >= 11 is 0. The first kappa shape index (κ1) is 13.4. The molecule has 4 heteroatoms. The lowest BCUT2D eigenvalue weighted by Crippen LogP contribution is -2.48. The number of nitrogens with zero attached hydrogens (tertiary/aromatic N) is 1. The van der Waals surface area contributed by atoms with Crippen LogP contribution in [0, 0.1) is 11.3 Å². The van der Waals surface area contributed by atoms with Crippen LogP contribution in [0.15, 0.2) is 30.3 Å². The minimum Gasteiger partial charge on any atom is -0.319 e. The molecular weight excluding hydrogens is 238 g/mol. The largest absolute Gasteiger partial charge is 0.320 e. The van der Waals surface area contributed by atoms with E-state index in [1.54, 1.807) is 0 Å². The topological polar surface area (TPSA) is 64.9 Å². The van der Waals surface area contributed by atoms with Crippen LogP contribution in [0.5, 0.6) is 0 Å². The molecule has 0 bridgehead atoms. The third-order valence-electron chi connectivity index (χ3n) is 3.56. The summed E-state index contributed by atoms with van der Waals surface area (Å²) < 4.78 is 0. The molecular formula is C15H19N3O. The average molecular weight is 257 g/mol. The van der Waals surface area contributed by atoms with Gasteiger partial charge >= 0.3 is 6.03 Å². The number of para-hydroxylation sites is 1. The van der Waals surface area contributed by atoms with Crippen LogP contribution in [-0.2, 0) is 0 Å². The van der Waals surface area contributed by atoms with Crippen molar-refractivity contribution in [3.05, 3.63) is 30.3 Å². The quantitative estimate of drug-likeness (QED) is 0.797. The zero-order chi connectivity index (χ0) is 13.6. The number of hydrogen-bond donors (Lipinski definition) is 2. The number of rotatable bonds is 2. The first-order chi connectivity index (χ1) is 9.24. The minimum absolute atomic E-state index is 0.297. The number of nitrogens with one attached hydrogen (secondary N) is 2. The molecule has 100 valence electrons. The fourth-order valence-corrected chi connectivity index (χ4v) is 2.50. The molecule has 1 fully saturated rings. The lowest BCUT2D eigenvalue weighted by atomic mass is 9.92. The zero-order valence-corrected chi connectivity index (χ0v) is 11.0. The highest BCUT2D eigenvalue weighted by Gasteiger charge is 2.32. The molecule has 1 saturated carbocycles. The van der Waals surface area contributed by atoms with Gasteiger partial charge in [0.05, 0.1) is 6.07 Å². The SMILES string of the molecule is N#CC1(NC(=O)Nc2ccccc2)CCCCCC1. The van der Waals surface area contributed by atoms with Crippen LogP contribution in [0.1, 0.15) is 38.5 Å². The second-order valence-electron chi connectivity index (χ2n) is 5.05. The Bertz CT molecular complexity index is 456. The summed E-state index contributed by atoms with van der Waals surface area (Å²) in [5, 5.41) is 15.0. The van der Waals surface area contributed by atoms with Crippen molar-refractivity contribution in [1.29, 1.82) is 5.26 Å². The van der Waals surface area contributed by atoms with E-state index >= 15 is 0 Å². The van der Waals surface area contributed by atoms with Gasteiger partial charge in [0.15, 0.2) is 0 Å². The predicted molar refractivity (Wildman–Crippen MR) is 74.6 cm³/mol. The maximum atomic E-state index is 12.0. The van der Waals surface area contributed by atoms with Crippen LogP contribution in [-0.4, -0.2) is 11.6 Å². The highest BCUT2D eigenvalue weighted by atomic mass is 16.2. The molecule has 19 heavy (non-hydrogen) atoms. The first-order valence-corrected chi connectivity index (χ1v) is 6.80. The fourth-order valence-electron chi connectivity index (χ4n) is 2.50. The van der Waals surface area contributed by atoms with Gasteiger partial charge < -0.3 is 10.6 Å². The summed E-state index contributed by atoms with van der Waals surface area (Å²) in [6.45, 7) is 0. The van der Waals surface area contributed by atoms with Gasteiger partial charge in [-0.05, 0) is 25.0 Å². The van der Waals surface area contributed by atoms with Crippen molar-refractivity contribution in [2.75, 3.05) is 5.32 Å². The summed E-state index contributed by atoms with van der Waals surface area (Å²) in [5.74, 6) is 0. The van der Waals surface area contributed by atoms with Crippen molar-refractivity contribution >= 4 is 11.7 Å². The van der Waals surface area contributed by atoms with Gasteiger partial charge in [0, 0.05) is 5.69 Å². The van der Waals surface area contributed by atoms with Crippen molar-refractivity contribution in [2.45, 2.75) is 44.1 Å². The van der Waals surface area contributed by atoms with Gasteiger partial charge in [0.2, 0.25) is 0 Å². The van der Waals surface area contributed by atoms with Crippen LogP contribution in [0.4, 0.5) is 10.5 Å². The van der Waals surface area contributed by atoms with Crippen molar-refractivity contribution in [3.8, 4) is 6.07 Å². The second kappa shape index (κ2) is 6.24. The van der Waals surface area contributed by atoms with E-state index in [1.165, 1.54) is 0 Å². The van der Waals surface area contributed by atoms with E-state index in [0.29, 0.717) is 0 Å². The van der Waals surface area contributed by atoms with E-state index in [9.17, 15) is 10.1 Å². The lowest BCUT2D eigenvalue weighted by molar-refractivity contribution is 0.240. The van der Waals surface area contributed by atoms with E-state index in [2.05, 4.69) is 16.7 Å².